The van der Waals surface area contributed by atoms with E-state index in [1.54, 1.807) is 0 Å². The fourth-order valence-electron chi connectivity index (χ4n) is 4.32. The van der Waals surface area contributed by atoms with Gasteiger partial charge in [-0.25, -0.2) is 0 Å². The molecule has 5 atom stereocenters. The second-order valence-corrected chi connectivity index (χ2v) is 10.3. The SMILES string of the molecule is C/C=C\C(=C/CC)C(C)[C@@H]1C=C(C(C)(C)C)CC1C(=O)C(N)C(C)/C=C\C=C(/C)CC. The molecule has 4 unspecified atom stereocenters. The van der Waals surface area contributed by atoms with Gasteiger partial charge < -0.3 is 5.73 Å². The lowest BCUT2D eigenvalue weighted by Gasteiger charge is -2.29. The number of nitrogens with two attached hydrogens (primary N) is 1. The van der Waals surface area contributed by atoms with E-state index in [1.807, 2.05) is 0 Å². The van der Waals surface area contributed by atoms with Crippen molar-refractivity contribution in [3.05, 3.63) is 59.3 Å². The first-order valence-electron chi connectivity index (χ1n) is 12.1. The second kappa shape index (κ2) is 12.4. The maximum atomic E-state index is 13.6. The van der Waals surface area contributed by atoms with Crippen LogP contribution in [0.4, 0.5) is 0 Å². The Labute approximate surface area is 192 Å². The van der Waals surface area contributed by atoms with Crippen molar-refractivity contribution in [1.29, 1.82) is 0 Å². The molecule has 174 valence electrons. The highest BCUT2D eigenvalue weighted by Gasteiger charge is 2.41. The monoisotopic (exact) mass is 425 g/mol. The van der Waals surface area contributed by atoms with E-state index < -0.39 is 6.04 Å². The molecule has 1 aliphatic carbocycles. The molecule has 0 spiro atoms. The molecule has 1 rings (SSSR count). The fourth-order valence-corrected chi connectivity index (χ4v) is 4.32. The number of carbonyl (C=O) groups is 1. The molecule has 0 aromatic rings. The normalized spacial score (nSPS) is 24.0. The molecule has 0 fully saturated rings. The Balaban J connectivity index is 3.18. The Morgan fingerprint density at radius 1 is 1.26 bits per heavy atom. The van der Waals surface area contributed by atoms with Crippen LogP contribution in [0.25, 0.3) is 0 Å². The molecular formula is C29H47NO. The largest absolute Gasteiger partial charge is 0.321 e. The smallest absolute Gasteiger partial charge is 0.154 e. The molecule has 0 saturated carbocycles. The maximum absolute atomic E-state index is 13.6. The van der Waals surface area contributed by atoms with Crippen LogP contribution in [0.3, 0.4) is 0 Å². The van der Waals surface area contributed by atoms with Crippen molar-refractivity contribution in [3.8, 4) is 0 Å². The van der Waals surface area contributed by atoms with Gasteiger partial charge in [-0.2, -0.15) is 0 Å². The van der Waals surface area contributed by atoms with Crippen LogP contribution in [-0.4, -0.2) is 11.8 Å². The van der Waals surface area contributed by atoms with Crippen LogP contribution >= 0.6 is 0 Å². The minimum absolute atomic E-state index is 0.0178. The standard InChI is InChI=1S/C29H47NO/c1-10-14-23(15-11-2)22(6)25-18-24(29(7,8)9)19-26(25)28(31)27(30)21(5)17-13-16-20(4)12-3/h10,13-18,21-22,25-27H,11-12,19,30H2,1-9H3/b14-10-,17-13-,20-16+,23-15+/t21?,22?,25-,26?,27?/m0/s1. The predicted molar refractivity (Wildman–Crippen MR) is 137 cm³/mol. The van der Waals surface area contributed by atoms with Gasteiger partial charge in [0.2, 0.25) is 0 Å². The van der Waals surface area contributed by atoms with Gasteiger partial charge in [0, 0.05) is 5.92 Å². The lowest BCUT2D eigenvalue weighted by molar-refractivity contribution is -0.126. The summed E-state index contributed by atoms with van der Waals surface area (Å²) in [7, 11) is 0. The first-order chi connectivity index (χ1) is 14.5. The minimum atomic E-state index is -0.473. The van der Waals surface area contributed by atoms with E-state index in [1.165, 1.54) is 16.7 Å². The van der Waals surface area contributed by atoms with Gasteiger partial charge in [0.05, 0.1) is 6.04 Å². The van der Waals surface area contributed by atoms with Crippen LogP contribution in [0, 0.1) is 29.1 Å². The van der Waals surface area contributed by atoms with Gasteiger partial charge in [-0.3, -0.25) is 4.79 Å². The minimum Gasteiger partial charge on any atom is -0.321 e. The van der Waals surface area contributed by atoms with Gasteiger partial charge in [-0.15, -0.1) is 0 Å². The topological polar surface area (TPSA) is 43.1 Å². The second-order valence-electron chi connectivity index (χ2n) is 10.3. The zero-order valence-corrected chi connectivity index (χ0v) is 21.5. The number of hydrogen-bond donors (Lipinski definition) is 1. The molecule has 2 heteroatoms. The molecule has 0 aliphatic heterocycles. The Kier molecular flexibility index (Phi) is 10.9. The van der Waals surface area contributed by atoms with E-state index in [-0.39, 0.29) is 34.9 Å². The van der Waals surface area contributed by atoms with Crippen molar-refractivity contribution in [2.24, 2.45) is 34.8 Å². The molecule has 31 heavy (non-hydrogen) atoms. The molecule has 0 aromatic heterocycles. The van der Waals surface area contributed by atoms with Crippen molar-refractivity contribution in [3.63, 3.8) is 0 Å². The zero-order chi connectivity index (χ0) is 23.8. The maximum Gasteiger partial charge on any atom is 0.154 e. The first-order valence-corrected chi connectivity index (χ1v) is 12.1. The molecule has 2 N–H and O–H groups in total. The number of Topliss-reactive ketones (excluding diaryl/α,β-unsaturated/α-hetero) is 1. The summed E-state index contributed by atoms with van der Waals surface area (Å²) in [6.07, 6.45) is 18.1. The highest BCUT2D eigenvalue weighted by Crippen LogP contribution is 2.45. The average Bonchev–Trinajstić information content (AvgIpc) is 3.17. The van der Waals surface area contributed by atoms with Crippen LogP contribution in [0.5, 0.6) is 0 Å². The van der Waals surface area contributed by atoms with Crippen LogP contribution in [0.2, 0.25) is 0 Å². The molecule has 0 radical (unpaired) electrons. The van der Waals surface area contributed by atoms with Crippen LogP contribution < -0.4 is 5.73 Å². The molecule has 0 bridgehead atoms. The van der Waals surface area contributed by atoms with Gasteiger partial charge in [0.15, 0.2) is 5.78 Å². The Morgan fingerprint density at radius 3 is 2.42 bits per heavy atom. The summed E-state index contributed by atoms with van der Waals surface area (Å²) in [5, 5.41) is 0. The summed E-state index contributed by atoms with van der Waals surface area (Å²) < 4.78 is 0. The highest BCUT2D eigenvalue weighted by molar-refractivity contribution is 5.88. The van der Waals surface area contributed by atoms with E-state index in [4.69, 9.17) is 5.73 Å². The Morgan fingerprint density at radius 2 is 1.90 bits per heavy atom. The quantitative estimate of drug-likeness (QED) is 0.289. The molecule has 0 amide bonds. The lowest BCUT2D eigenvalue weighted by Crippen LogP contribution is -2.42. The number of hydrogen-bond acceptors (Lipinski definition) is 2. The summed E-state index contributed by atoms with van der Waals surface area (Å²) in [5.41, 5.74) is 10.6. The summed E-state index contributed by atoms with van der Waals surface area (Å²) >= 11 is 0. The van der Waals surface area contributed by atoms with Gasteiger partial charge in [0.1, 0.15) is 0 Å². The fraction of sp³-hybridized carbons (Fsp3) is 0.621. The number of carbonyl (C=O) groups excluding carboxylic acids is 1. The molecular weight excluding hydrogens is 378 g/mol. The van der Waals surface area contributed by atoms with E-state index in [0.29, 0.717) is 0 Å². The van der Waals surface area contributed by atoms with Gasteiger partial charge in [-0.1, -0.05) is 102 Å². The first kappa shape index (κ1) is 27.4. The Hall–Kier alpha value is -1.67. The summed E-state index contributed by atoms with van der Waals surface area (Å²) in [4.78, 5) is 13.6. The van der Waals surface area contributed by atoms with Crippen molar-refractivity contribution in [1.82, 2.24) is 0 Å². The van der Waals surface area contributed by atoms with E-state index in [0.717, 1.165) is 19.3 Å². The number of ketones is 1. The van der Waals surface area contributed by atoms with Crippen molar-refractivity contribution in [2.45, 2.75) is 87.6 Å². The predicted octanol–water partition coefficient (Wildman–Crippen LogP) is 7.59. The Bertz CT molecular complexity index is 741. The molecule has 2 nitrogen and oxygen atoms in total. The van der Waals surface area contributed by atoms with E-state index in [9.17, 15) is 4.79 Å². The number of rotatable bonds is 10. The summed E-state index contributed by atoms with van der Waals surface area (Å²) in [6, 6.07) is -0.473. The van der Waals surface area contributed by atoms with E-state index in [2.05, 4.69) is 105 Å². The third-order valence-corrected chi connectivity index (χ3v) is 6.78. The lowest BCUT2D eigenvalue weighted by atomic mass is 9.75. The third-order valence-electron chi connectivity index (χ3n) is 6.78. The molecule has 0 aromatic carbocycles. The van der Waals surface area contributed by atoms with E-state index >= 15 is 0 Å². The summed E-state index contributed by atoms with van der Waals surface area (Å²) in [6.45, 7) is 19.6. The molecule has 0 saturated heterocycles. The van der Waals surface area contributed by atoms with Gasteiger partial charge in [-0.05, 0) is 61.9 Å². The highest BCUT2D eigenvalue weighted by atomic mass is 16.1. The van der Waals surface area contributed by atoms with Crippen molar-refractivity contribution in [2.75, 3.05) is 0 Å². The van der Waals surface area contributed by atoms with Crippen molar-refractivity contribution < 1.29 is 4.79 Å². The van der Waals surface area contributed by atoms with Crippen LogP contribution in [0.1, 0.15) is 81.6 Å². The van der Waals surface area contributed by atoms with Crippen LogP contribution in [0.15, 0.2) is 59.3 Å². The van der Waals surface area contributed by atoms with Gasteiger partial charge >= 0.3 is 0 Å². The molecule has 0 heterocycles. The average molecular weight is 426 g/mol. The third kappa shape index (κ3) is 7.75. The van der Waals surface area contributed by atoms with Crippen molar-refractivity contribution >= 4 is 5.78 Å². The summed E-state index contributed by atoms with van der Waals surface area (Å²) in [5.74, 6) is 0.660. The zero-order valence-electron chi connectivity index (χ0n) is 21.5. The molecule has 1 aliphatic rings. The van der Waals surface area contributed by atoms with Crippen LogP contribution in [-0.2, 0) is 4.79 Å². The van der Waals surface area contributed by atoms with Gasteiger partial charge in [0.25, 0.3) is 0 Å². The number of allylic oxidation sites excluding steroid dienone is 9.